The highest BCUT2D eigenvalue weighted by Crippen LogP contribution is 2.30. The highest BCUT2D eigenvalue weighted by atomic mass is 32.2. The lowest BCUT2D eigenvalue weighted by atomic mass is 10.2. The number of nitrogens with zero attached hydrogens (tertiary/aromatic N) is 1. The summed E-state index contributed by atoms with van der Waals surface area (Å²) in [7, 11) is 0.309. The molecule has 0 heterocycles. The van der Waals surface area contributed by atoms with Gasteiger partial charge >= 0.3 is 0 Å². The summed E-state index contributed by atoms with van der Waals surface area (Å²) in [5.74, 6) is 0.578. The zero-order valence-corrected chi connectivity index (χ0v) is 21.1. The number of rotatable bonds is 10. The quantitative estimate of drug-likeness (QED) is 0.425. The Balaban J connectivity index is 1.92. The summed E-state index contributed by atoms with van der Waals surface area (Å²) in [6.07, 6.45) is 0. The van der Waals surface area contributed by atoms with Gasteiger partial charge < -0.3 is 24.8 Å². The number of sulfonamides is 1. The summed E-state index contributed by atoms with van der Waals surface area (Å²) in [5, 5.41) is 5.28. The molecule has 3 aromatic rings. The SMILES string of the molecule is COc1ccc(N(CC(=O)Nc2ccc(OC)c(OC)c2)S(=O)(=O)c2ccc(NC(C)=O)cc2)cc1. The highest BCUT2D eigenvalue weighted by Gasteiger charge is 2.27. The zero-order valence-electron chi connectivity index (χ0n) is 20.3. The third kappa shape index (κ3) is 6.25. The second-order valence-corrected chi connectivity index (χ2v) is 9.40. The third-order valence-electron chi connectivity index (χ3n) is 5.08. The topological polar surface area (TPSA) is 123 Å². The van der Waals surface area contributed by atoms with Gasteiger partial charge in [-0.25, -0.2) is 8.42 Å². The normalized spacial score (nSPS) is 10.8. The van der Waals surface area contributed by atoms with Crippen LogP contribution in [-0.4, -0.2) is 48.1 Å². The zero-order chi connectivity index (χ0) is 26.3. The van der Waals surface area contributed by atoms with Gasteiger partial charge in [-0.15, -0.1) is 0 Å². The minimum Gasteiger partial charge on any atom is -0.497 e. The van der Waals surface area contributed by atoms with Crippen LogP contribution in [-0.2, 0) is 19.6 Å². The average Bonchev–Trinajstić information content (AvgIpc) is 2.87. The summed E-state index contributed by atoms with van der Waals surface area (Å²) in [5.41, 5.74) is 1.12. The summed E-state index contributed by atoms with van der Waals surface area (Å²) < 4.78 is 43.8. The van der Waals surface area contributed by atoms with Crippen LogP contribution in [0.2, 0.25) is 0 Å². The van der Waals surface area contributed by atoms with Gasteiger partial charge in [-0.05, 0) is 60.7 Å². The molecule has 3 aromatic carbocycles. The van der Waals surface area contributed by atoms with Gasteiger partial charge in [0, 0.05) is 24.4 Å². The standard InChI is InChI=1S/C25H27N3O7S/c1-17(29)26-18-5-12-22(13-6-18)36(31,32)28(20-8-10-21(33-2)11-9-20)16-25(30)27-19-7-14-23(34-3)24(15-19)35-4/h5-15H,16H2,1-4H3,(H,26,29)(H,27,30). The van der Waals surface area contributed by atoms with Crippen LogP contribution < -0.4 is 29.1 Å². The van der Waals surface area contributed by atoms with Crippen LogP contribution in [0.5, 0.6) is 17.2 Å². The van der Waals surface area contributed by atoms with Crippen molar-refractivity contribution in [2.24, 2.45) is 0 Å². The van der Waals surface area contributed by atoms with Crippen molar-refractivity contribution in [3.05, 3.63) is 66.7 Å². The number of hydrogen-bond acceptors (Lipinski definition) is 7. The summed E-state index contributed by atoms with van der Waals surface area (Å²) in [6.45, 7) is 0.851. The van der Waals surface area contributed by atoms with Crippen molar-refractivity contribution in [2.45, 2.75) is 11.8 Å². The Morgan fingerprint density at radius 3 is 1.94 bits per heavy atom. The van der Waals surface area contributed by atoms with Gasteiger partial charge in [0.15, 0.2) is 11.5 Å². The largest absolute Gasteiger partial charge is 0.497 e. The van der Waals surface area contributed by atoms with E-state index in [9.17, 15) is 18.0 Å². The predicted octanol–water partition coefficient (Wildman–Crippen LogP) is 3.50. The van der Waals surface area contributed by atoms with Crippen LogP contribution in [0.25, 0.3) is 0 Å². The number of carbonyl (C=O) groups excluding carboxylic acids is 2. The van der Waals surface area contributed by atoms with Gasteiger partial charge in [0.25, 0.3) is 10.0 Å². The number of ether oxygens (including phenoxy) is 3. The molecule has 0 saturated heterocycles. The monoisotopic (exact) mass is 513 g/mol. The molecule has 0 fully saturated rings. The fraction of sp³-hybridized carbons (Fsp3) is 0.200. The van der Waals surface area contributed by atoms with E-state index in [1.54, 1.807) is 42.5 Å². The lowest BCUT2D eigenvalue weighted by molar-refractivity contribution is -0.115. The van der Waals surface area contributed by atoms with E-state index in [1.807, 2.05) is 0 Å². The maximum atomic E-state index is 13.6. The summed E-state index contributed by atoms with van der Waals surface area (Å²) in [4.78, 5) is 24.2. The fourth-order valence-electron chi connectivity index (χ4n) is 3.35. The average molecular weight is 514 g/mol. The Morgan fingerprint density at radius 1 is 0.778 bits per heavy atom. The van der Waals surface area contributed by atoms with Gasteiger partial charge in [0.1, 0.15) is 12.3 Å². The van der Waals surface area contributed by atoms with Crippen molar-refractivity contribution in [1.29, 1.82) is 0 Å². The number of nitrogens with one attached hydrogen (secondary N) is 2. The van der Waals surface area contributed by atoms with Crippen molar-refractivity contribution in [3.8, 4) is 17.2 Å². The molecule has 2 amide bonds. The molecule has 0 bridgehead atoms. The summed E-state index contributed by atoms with van der Waals surface area (Å²) in [6, 6.07) is 16.8. The Morgan fingerprint density at radius 2 is 1.39 bits per heavy atom. The van der Waals surface area contributed by atoms with E-state index in [0.29, 0.717) is 28.6 Å². The first kappa shape index (κ1) is 26.4. The fourth-order valence-corrected chi connectivity index (χ4v) is 4.77. The number of methoxy groups -OCH3 is 3. The van der Waals surface area contributed by atoms with E-state index in [4.69, 9.17) is 14.2 Å². The molecular weight excluding hydrogens is 486 g/mol. The molecule has 0 aliphatic carbocycles. The number of hydrogen-bond donors (Lipinski definition) is 2. The molecule has 0 atom stereocenters. The van der Waals surface area contributed by atoms with Crippen LogP contribution in [0.15, 0.2) is 71.6 Å². The number of anilines is 3. The molecule has 0 aromatic heterocycles. The molecule has 0 spiro atoms. The summed E-state index contributed by atoms with van der Waals surface area (Å²) >= 11 is 0. The van der Waals surface area contributed by atoms with Crippen molar-refractivity contribution in [1.82, 2.24) is 0 Å². The Hall–Kier alpha value is -4.25. The molecule has 3 rings (SSSR count). The number of amides is 2. The maximum absolute atomic E-state index is 13.6. The predicted molar refractivity (Wildman–Crippen MR) is 136 cm³/mol. The van der Waals surface area contributed by atoms with Gasteiger partial charge in [-0.2, -0.15) is 0 Å². The van der Waals surface area contributed by atoms with Crippen molar-refractivity contribution in [2.75, 3.05) is 42.8 Å². The van der Waals surface area contributed by atoms with Crippen LogP contribution in [0, 0.1) is 0 Å². The molecule has 190 valence electrons. The Kier molecular flexibility index (Phi) is 8.38. The maximum Gasteiger partial charge on any atom is 0.264 e. The van der Waals surface area contributed by atoms with Crippen molar-refractivity contribution < 1.29 is 32.2 Å². The van der Waals surface area contributed by atoms with E-state index in [-0.39, 0.29) is 16.5 Å². The molecule has 0 radical (unpaired) electrons. The first-order chi connectivity index (χ1) is 17.2. The molecule has 2 N–H and O–H groups in total. The van der Waals surface area contributed by atoms with Crippen molar-refractivity contribution in [3.63, 3.8) is 0 Å². The smallest absolute Gasteiger partial charge is 0.264 e. The Bertz CT molecular complexity index is 1320. The van der Waals surface area contributed by atoms with Gasteiger partial charge in [0.05, 0.1) is 31.9 Å². The lowest BCUT2D eigenvalue weighted by Gasteiger charge is -2.24. The second kappa shape index (κ2) is 11.5. The van der Waals surface area contributed by atoms with Crippen molar-refractivity contribution >= 4 is 38.9 Å². The molecule has 0 saturated carbocycles. The molecule has 11 heteroatoms. The van der Waals surface area contributed by atoms with Crippen LogP contribution in [0.3, 0.4) is 0 Å². The molecular formula is C25H27N3O7S. The molecule has 36 heavy (non-hydrogen) atoms. The molecule has 0 unspecified atom stereocenters. The first-order valence-electron chi connectivity index (χ1n) is 10.7. The highest BCUT2D eigenvalue weighted by molar-refractivity contribution is 7.92. The molecule has 10 nitrogen and oxygen atoms in total. The number of benzene rings is 3. The van der Waals surface area contributed by atoms with Crippen LogP contribution in [0.4, 0.5) is 17.1 Å². The van der Waals surface area contributed by atoms with Gasteiger partial charge in [-0.1, -0.05) is 0 Å². The van der Waals surface area contributed by atoms with Crippen LogP contribution in [0.1, 0.15) is 6.92 Å². The first-order valence-corrected chi connectivity index (χ1v) is 12.2. The van der Waals surface area contributed by atoms with Gasteiger partial charge in [-0.3, -0.25) is 13.9 Å². The minimum absolute atomic E-state index is 0.0497. The lowest BCUT2D eigenvalue weighted by Crippen LogP contribution is -2.38. The number of carbonyl (C=O) groups is 2. The molecule has 0 aliphatic rings. The minimum atomic E-state index is -4.16. The third-order valence-corrected chi connectivity index (χ3v) is 6.87. The van der Waals surface area contributed by atoms with E-state index < -0.39 is 22.5 Å². The van der Waals surface area contributed by atoms with E-state index in [2.05, 4.69) is 10.6 Å². The van der Waals surface area contributed by atoms with Gasteiger partial charge in [0.2, 0.25) is 11.8 Å². The van der Waals surface area contributed by atoms with E-state index in [1.165, 1.54) is 52.5 Å². The van der Waals surface area contributed by atoms with E-state index in [0.717, 1.165) is 4.31 Å². The molecule has 0 aliphatic heterocycles. The Labute approximate surface area is 209 Å². The second-order valence-electron chi connectivity index (χ2n) is 7.53. The van der Waals surface area contributed by atoms with Crippen LogP contribution >= 0.6 is 0 Å². The van der Waals surface area contributed by atoms with E-state index >= 15 is 0 Å².